The third-order valence-electron chi connectivity index (χ3n) is 4.63. The van der Waals surface area contributed by atoms with Crippen LogP contribution in [-0.4, -0.2) is 37.7 Å². The number of hydrogen-bond donors (Lipinski definition) is 4. The van der Waals surface area contributed by atoms with E-state index in [-0.39, 0.29) is 11.9 Å². The standard InChI is InChI=1S/C20H24N4O3/c1-27-20(10-12-21-13-11-20)18(25)22-16-8-5-9-17(14-16)24-19(26)23-15-6-3-2-4-7-15/h2-9,14,21H,10-13H2,1H3,(H,22,25)(H2,23,24,26). The first-order chi connectivity index (χ1) is 13.1. The van der Waals surface area contributed by atoms with Crippen LogP contribution >= 0.6 is 0 Å². The van der Waals surface area contributed by atoms with Crippen molar-refractivity contribution in [2.75, 3.05) is 36.1 Å². The fourth-order valence-corrected chi connectivity index (χ4v) is 3.09. The van der Waals surface area contributed by atoms with Crippen molar-refractivity contribution in [3.05, 3.63) is 54.6 Å². The number of methoxy groups -OCH3 is 1. The second-order valence-electron chi connectivity index (χ2n) is 6.43. The summed E-state index contributed by atoms with van der Waals surface area (Å²) in [5.74, 6) is -0.169. The highest BCUT2D eigenvalue weighted by Crippen LogP contribution is 2.25. The molecule has 0 atom stereocenters. The number of urea groups is 1. The SMILES string of the molecule is COC1(C(=O)Nc2cccc(NC(=O)Nc3ccccc3)c2)CCNCC1. The van der Waals surface area contributed by atoms with E-state index in [1.165, 1.54) is 0 Å². The lowest BCUT2D eigenvalue weighted by Gasteiger charge is -2.34. The summed E-state index contributed by atoms with van der Waals surface area (Å²) in [6.07, 6.45) is 1.24. The number of hydrogen-bond acceptors (Lipinski definition) is 4. The molecule has 0 radical (unpaired) electrons. The van der Waals surface area contributed by atoms with Crippen LogP contribution in [-0.2, 0) is 9.53 Å². The summed E-state index contributed by atoms with van der Waals surface area (Å²) < 4.78 is 5.54. The van der Waals surface area contributed by atoms with Gasteiger partial charge in [-0.15, -0.1) is 0 Å². The third kappa shape index (κ3) is 4.84. The average Bonchev–Trinajstić information content (AvgIpc) is 2.69. The van der Waals surface area contributed by atoms with Gasteiger partial charge >= 0.3 is 6.03 Å². The first-order valence-electron chi connectivity index (χ1n) is 8.92. The van der Waals surface area contributed by atoms with E-state index < -0.39 is 5.60 Å². The molecule has 7 nitrogen and oxygen atoms in total. The van der Waals surface area contributed by atoms with Crippen LogP contribution in [0.25, 0.3) is 0 Å². The van der Waals surface area contributed by atoms with E-state index in [4.69, 9.17) is 4.74 Å². The number of carbonyl (C=O) groups is 2. The zero-order chi connectivity index (χ0) is 19.1. The van der Waals surface area contributed by atoms with Crippen LogP contribution in [0, 0.1) is 0 Å². The fraction of sp³-hybridized carbons (Fsp3) is 0.300. The van der Waals surface area contributed by atoms with E-state index in [1.54, 1.807) is 43.5 Å². The van der Waals surface area contributed by atoms with Gasteiger partial charge in [-0.05, 0) is 56.3 Å². The molecule has 1 fully saturated rings. The highest BCUT2D eigenvalue weighted by Gasteiger charge is 2.39. The molecule has 1 aliphatic heterocycles. The molecule has 2 aromatic rings. The minimum Gasteiger partial charge on any atom is -0.368 e. The van der Waals surface area contributed by atoms with Crippen molar-refractivity contribution in [2.24, 2.45) is 0 Å². The zero-order valence-electron chi connectivity index (χ0n) is 15.2. The predicted octanol–water partition coefficient (Wildman–Crippen LogP) is 3.04. The van der Waals surface area contributed by atoms with Gasteiger partial charge < -0.3 is 26.0 Å². The van der Waals surface area contributed by atoms with Gasteiger partial charge in [0, 0.05) is 24.2 Å². The molecule has 0 bridgehead atoms. The van der Waals surface area contributed by atoms with Crippen LogP contribution in [0.2, 0.25) is 0 Å². The smallest absolute Gasteiger partial charge is 0.323 e. The Bertz CT molecular complexity index is 789. The second-order valence-corrected chi connectivity index (χ2v) is 6.43. The van der Waals surface area contributed by atoms with Crippen LogP contribution < -0.4 is 21.3 Å². The Morgan fingerprint density at radius 1 is 0.889 bits per heavy atom. The largest absolute Gasteiger partial charge is 0.368 e. The maximum atomic E-state index is 12.7. The maximum absolute atomic E-state index is 12.7. The molecule has 1 saturated heterocycles. The second kappa shape index (κ2) is 8.66. The average molecular weight is 368 g/mol. The van der Waals surface area contributed by atoms with E-state index in [1.807, 2.05) is 18.2 Å². The molecule has 4 N–H and O–H groups in total. The lowest BCUT2D eigenvalue weighted by atomic mass is 9.91. The van der Waals surface area contributed by atoms with E-state index in [0.717, 1.165) is 13.1 Å². The van der Waals surface area contributed by atoms with Gasteiger partial charge in [0.15, 0.2) is 0 Å². The van der Waals surface area contributed by atoms with Crippen molar-refractivity contribution in [1.29, 1.82) is 0 Å². The maximum Gasteiger partial charge on any atom is 0.323 e. The molecule has 0 unspecified atom stereocenters. The van der Waals surface area contributed by atoms with Crippen molar-refractivity contribution in [3.63, 3.8) is 0 Å². The number of benzene rings is 2. The molecule has 2 aromatic carbocycles. The van der Waals surface area contributed by atoms with Gasteiger partial charge in [-0.1, -0.05) is 24.3 Å². The molecule has 0 spiro atoms. The predicted molar refractivity (Wildman–Crippen MR) is 106 cm³/mol. The number of nitrogens with one attached hydrogen (secondary N) is 4. The minimum absolute atomic E-state index is 0.169. The third-order valence-corrected chi connectivity index (χ3v) is 4.63. The molecule has 1 heterocycles. The number of carbonyl (C=O) groups excluding carboxylic acids is 2. The monoisotopic (exact) mass is 368 g/mol. The van der Waals surface area contributed by atoms with Gasteiger partial charge in [0.05, 0.1) is 0 Å². The molecule has 27 heavy (non-hydrogen) atoms. The summed E-state index contributed by atoms with van der Waals surface area (Å²) in [7, 11) is 1.57. The van der Waals surface area contributed by atoms with Gasteiger partial charge in [0.2, 0.25) is 0 Å². The number of piperidine rings is 1. The molecule has 3 rings (SSSR count). The number of ether oxygens (including phenoxy) is 1. The highest BCUT2D eigenvalue weighted by molar-refractivity contribution is 6.01. The first kappa shape index (κ1) is 18.9. The van der Waals surface area contributed by atoms with Crippen molar-refractivity contribution in [3.8, 4) is 0 Å². The van der Waals surface area contributed by atoms with E-state index >= 15 is 0 Å². The molecule has 3 amide bonds. The van der Waals surface area contributed by atoms with Crippen molar-refractivity contribution in [2.45, 2.75) is 18.4 Å². The molecule has 1 aliphatic rings. The van der Waals surface area contributed by atoms with Gasteiger partial charge in [-0.2, -0.15) is 0 Å². The van der Waals surface area contributed by atoms with Crippen LogP contribution in [0.4, 0.5) is 21.9 Å². The van der Waals surface area contributed by atoms with Crippen LogP contribution in [0.3, 0.4) is 0 Å². The van der Waals surface area contributed by atoms with Crippen molar-refractivity contribution in [1.82, 2.24) is 5.32 Å². The van der Waals surface area contributed by atoms with E-state index in [2.05, 4.69) is 21.3 Å². The summed E-state index contributed by atoms with van der Waals surface area (Å²) in [6, 6.07) is 15.9. The van der Waals surface area contributed by atoms with Gasteiger partial charge in [-0.3, -0.25) is 4.79 Å². The Morgan fingerprint density at radius 3 is 2.15 bits per heavy atom. The van der Waals surface area contributed by atoms with Crippen LogP contribution in [0.1, 0.15) is 12.8 Å². The lowest BCUT2D eigenvalue weighted by molar-refractivity contribution is -0.140. The first-order valence-corrected chi connectivity index (χ1v) is 8.92. The number of anilines is 3. The van der Waals surface area contributed by atoms with Crippen molar-refractivity contribution >= 4 is 29.0 Å². The molecule has 142 valence electrons. The Morgan fingerprint density at radius 2 is 1.48 bits per heavy atom. The summed E-state index contributed by atoms with van der Waals surface area (Å²) in [5, 5.41) is 11.6. The summed E-state index contributed by atoms with van der Waals surface area (Å²) in [4.78, 5) is 24.9. The molecule has 7 heteroatoms. The molecular formula is C20H24N4O3. The molecule has 0 aliphatic carbocycles. The number of amides is 3. The Hall–Kier alpha value is -2.90. The van der Waals surface area contributed by atoms with Crippen LogP contribution in [0.5, 0.6) is 0 Å². The fourth-order valence-electron chi connectivity index (χ4n) is 3.09. The Kier molecular flexibility index (Phi) is 6.05. The number of para-hydroxylation sites is 1. The van der Waals surface area contributed by atoms with Gasteiger partial charge in [0.1, 0.15) is 5.60 Å². The topological polar surface area (TPSA) is 91.5 Å². The summed E-state index contributed by atoms with van der Waals surface area (Å²) in [6.45, 7) is 1.48. The normalized spacial score (nSPS) is 15.6. The van der Waals surface area contributed by atoms with Gasteiger partial charge in [0.25, 0.3) is 5.91 Å². The van der Waals surface area contributed by atoms with Crippen molar-refractivity contribution < 1.29 is 14.3 Å². The highest BCUT2D eigenvalue weighted by atomic mass is 16.5. The van der Waals surface area contributed by atoms with Gasteiger partial charge in [-0.25, -0.2) is 4.79 Å². The van der Waals surface area contributed by atoms with Crippen LogP contribution in [0.15, 0.2) is 54.6 Å². The quantitative estimate of drug-likeness (QED) is 0.653. The zero-order valence-corrected chi connectivity index (χ0v) is 15.2. The summed E-state index contributed by atoms with van der Waals surface area (Å²) in [5.41, 5.74) is 1.07. The molecular weight excluding hydrogens is 344 g/mol. The minimum atomic E-state index is -0.820. The Balaban J connectivity index is 1.63. The lowest BCUT2D eigenvalue weighted by Crippen LogP contribution is -2.51. The summed E-state index contributed by atoms with van der Waals surface area (Å²) >= 11 is 0. The Labute approximate surface area is 158 Å². The van der Waals surface area contributed by atoms with E-state index in [0.29, 0.717) is 29.9 Å². The molecule has 0 saturated carbocycles. The number of rotatable bonds is 5. The molecule has 0 aromatic heterocycles. The van der Waals surface area contributed by atoms with E-state index in [9.17, 15) is 9.59 Å².